The van der Waals surface area contributed by atoms with E-state index in [0.29, 0.717) is 17.2 Å². The van der Waals surface area contributed by atoms with Gasteiger partial charge in [-0.25, -0.2) is 4.98 Å². The minimum Gasteiger partial charge on any atom is -0.364 e. The topological polar surface area (TPSA) is 61.6 Å². The number of anilines is 1. The van der Waals surface area contributed by atoms with Gasteiger partial charge in [-0.15, -0.1) is 11.3 Å². The van der Waals surface area contributed by atoms with E-state index >= 15 is 0 Å². The molecule has 16 heavy (non-hydrogen) atoms. The molecule has 2 aromatic heterocycles. The van der Waals surface area contributed by atoms with Crippen molar-refractivity contribution >= 4 is 17.2 Å². The van der Waals surface area contributed by atoms with Crippen LogP contribution in [0.3, 0.4) is 0 Å². The predicted octanol–water partition coefficient (Wildman–Crippen LogP) is 2.33. The number of nitrogens with zero attached hydrogens (tertiary/aromatic N) is 3. The van der Waals surface area contributed by atoms with E-state index in [2.05, 4.69) is 21.4 Å². The van der Waals surface area contributed by atoms with E-state index in [4.69, 9.17) is 5.26 Å². The summed E-state index contributed by atoms with van der Waals surface area (Å²) in [5.41, 5.74) is 1.07. The number of nitrogens with one attached hydrogen (secondary N) is 1. The Morgan fingerprint density at radius 1 is 1.56 bits per heavy atom. The second-order valence-corrected chi connectivity index (χ2v) is 4.44. The van der Waals surface area contributed by atoms with Crippen LogP contribution in [0.25, 0.3) is 0 Å². The van der Waals surface area contributed by atoms with Crippen LogP contribution in [0, 0.1) is 18.3 Å². The van der Waals surface area contributed by atoms with Crippen LogP contribution in [-0.2, 0) is 6.54 Å². The molecule has 0 aliphatic carbocycles. The van der Waals surface area contributed by atoms with Crippen LogP contribution in [-0.4, -0.2) is 9.97 Å². The quantitative estimate of drug-likeness (QED) is 0.879. The summed E-state index contributed by atoms with van der Waals surface area (Å²) in [6, 6.07) is 5.99. The molecule has 0 bridgehead atoms. The zero-order valence-corrected chi connectivity index (χ0v) is 9.58. The number of rotatable bonds is 3. The van der Waals surface area contributed by atoms with Crippen LogP contribution in [0.1, 0.15) is 15.4 Å². The van der Waals surface area contributed by atoms with Gasteiger partial charge in [-0.1, -0.05) is 6.07 Å². The van der Waals surface area contributed by atoms with Crippen LogP contribution in [0.15, 0.2) is 24.5 Å². The maximum Gasteiger partial charge on any atom is 0.155 e. The fourth-order valence-corrected chi connectivity index (χ4v) is 2.00. The first kappa shape index (κ1) is 10.6. The number of aromatic nitrogens is 2. The van der Waals surface area contributed by atoms with Crippen LogP contribution >= 0.6 is 11.3 Å². The van der Waals surface area contributed by atoms with Crippen molar-refractivity contribution < 1.29 is 0 Å². The Balaban J connectivity index is 2.08. The molecule has 0 fully saturated rings. The molecule has 0 radical (unpaired) electrons. The number of hydrogen-bond acceptors (Lipinski definition) is 5. The zero-order chi connectivity index (χ0) is 11.4. The van der Waals surface area contributed by atoms with E-state index in [1.807, 2.05) is 19.1 Å². The molecule has 2 aromatic rings. The van der Waals surface area contributed by atoms with Crippen molar-refractivity contribution in [2.24, 2.45) is 0 Å². The van der Waals surface area contributed by atoms with Crippen molar-refractivity contribution in [1.29, 1.82) is 5.26 Å². The Kier molecular flexibility index (Phi) is 3.13. The summed E-state index contributed by atoms with van der Waals surface area (Å²) in [5, 5.41) is 12.9. The molecular weight excluding hydrogens is 220 g/mol. The fraction of sp³-hybridized carbons (Fsp3) is 0.182. The smallest absolute Gasteiger partial charge is 0.155 e. The molecule has 0 unspecified atom stereocenters. The summed E-state index contributed by atoms with van der Waals surface area (Å²) in [4.78, 5) is 8.91. The van der Waals surface area contributed by atoms with Crippen molar-refractivity contribution in [1.82, 2.24) is 9.97 Å². The van der Waals surface area contributed by atoms with E-state index < -0.39 is 0 Å². The first-order valence-corrected chi connectivity index (χ1v) is 5.61. The van der Waals surface area contributed by atoms with Gasteiger partial charge in [-0.2, -0.15) is 5.26 Å². The van der Waals surface area contributed by atoms with E-state index in [1.54, 1.807) is 12.4 Å². The molecule has 1 N–H and O–H groups in total. The van der Waals surface area contributed by atoms with Crippen molar-refractivity contribution in [2.75, 3.05) is 5.32 Å². The van der Waals surface area contributed by atoms with Gasteiger partial charge < -0.3 is 5.32 Å². The SMILES string of the molecule is Cc1nc(NCc2cccnc2)c(C#N)s1. The Labute approximate surface area is 97.6 Å². The maximum atomic E-state index is 8.90. The van der Waals surface area contributed by atoms with Gasteiger partial charge in [0.1, 0.15) is 10.9 Å². The third kappa shape index (κ3) is 2.35. The molecule has 0 atom stereocenters. The van der Waals surface area contributed by atoms with Crippen molar-refractivity contribution in [3.8, 4) is 6.07 Å². The average molecular weight is 230 g/mol. The lowest BCUT2D eigenvalue weighted by Crippen LogP contribution is -2.01. The van der Waals surface area contributed by atoms with Crippen LogP contribution in [0.5, 0.6) is 0 Å². The lowest BCUT2D eigenvalue weighted by atomic mass is 10.3. The third-order valence-electron chi connectivity index (χ3n) is 2.02. The highest BCUT2D eigenvalue weighted by Gasteiger charge is 2.07. The monoisotopic (exact) mass is 230 g/mol. The highest BCUT2D eigenvalue weighted by molar-refractivity contribution is 7.12. The first-order valence-electron chi connectivity index (χ1n) is 4.80. The summed E-state index contributed by atoms with van der Waals surface area (Å²) in [5.74, 6) is 0.661. The number of nitriles is 1. The van der Waals surface area contributed by atoms with Gasteiger partial charge in [-0.05, 0) is 18.6 Å². The molecule has 2 rings (SSSR count). The van der Waals surface area contributed by atoms with Gasteiger partial charge in [0.2, 0.25) is 0 Å². The lowest BCUT2D eigenvalue weighted by Gasteiger charge is -2.02. The van der Waals surface area contributed by atoms with Gasteiger partial charge >= 0.3 is 0 Å². The summed E-state index contributed by atoms with van der Waals surface area (Å²) >= 11 is 1.40. The molecule has 2 heterocycles. The highest BCUT2D eigenvalue weighted by atomic mass is 32.1. The fourth-order valence-electron chi connectivity index (χ4n) is 1.31. The van der Waals surface area contributed by atoms with Crippen LogP contribution < -0.4 is 5.32 Å². The molecule has 0 aliphatic heterocycles. The molecule has 4 nitrogen and oxygen atoms in total. The molecule has 80 valence electrons. The standard InChI is InChI=1S/C11H10N4S/c1-8-15-11(10(5-12)16-8)14-7-9-3-2-4-13-6-9/h2-4,6,14H,7H2,1H3. The van der Waals surface area contributed by atoms with E-state index in [0.717, 1.165) is 10.6 Å². The predicted molar refractivity (Wildman–Crippen MR) is 63.1 cm³/mol. The van der Waals surface area contributed by atoms with Gasteiger partial charge in [0.25, 0.3) is 0 Å². The summed E-state index contributed by atoms with van der Waals surface area (Å²) in [6.45, 7) is 2.52. The normalized spacial score (nSPS) is 9.75. The lowest BCUT2D eigenvalue weighted by molar-refractivity contribution is 1.09. The van der Waals surface area contributed by atoms with E-state index in [-0.39, 0.29) is 0 Å². The molecule has 0 aliphatic rings. The Morgan fingerprint density at radius 2 is 2.44 bits per heavy atom. The maximum absolute atomic E-state index is 8.90. The molecule has 0 aromatic carbocycles. The molecule has 0 saturated carbocycles. The van der Waals surface area contributed by atoms with Gasteiger partial charge in [0.05, 0.1) is 5.01 Å². The number of pyridine rings is 1. The summed E-state index contributed by atoms with van der Waals surface area (Å²) in [7, 11) is 0. The molecular formula is C11H10N4S. The zero-order valence-electron chi connectivity index (χ0n) is 8.77. The summed E-state index contributed by atoms with van der Waals surface area (Å²) in [6.07, 6.45) is 3.52. The summed E-state index contributed by atoms with van der Waals surface area (Å²) < 4.78 is 0. The molecule has 0 spiro atoms. The minimum absolute atomic E-state index is 0.626. The molecule has 0 saturated heterocycles. The minimum atomic E-state index is 0.626. The largest absolute Gasteiger partial charge is 0.364 e. The van der Waals surface area contributed by atoms with Gasteiger partial charge in [0, 0.05) is 18.9 Å². The van der Waals surface area contributed by atoms with Crippen molar-refractivity contribution in [3.63, 3.8) is 0 Å². The van der Waals surface area contributed by atoms with Crippen LogP contribution in [0.4, 0.5) is 5.82 Å². The third-order valence-corrected chi connectivity index (χ3v) is 2.89. The van der Waals surface area contributed by atoms with Gasteiger partial charge in [0.15, 0.2) is 5.82 Å². The second kappa shape index (κ2) is 4.73. The Hall–Kier alpha value is -1.93. The molecule has 0 amide bonds. The second-order valence-electron chi connectivity index (χ2n) is 3.24. The number of aryl methyl sites for hydroxylation is 1. The molecule has 5 heteroatoms. The number of hydrogen-bond donors (Lipinski definition) is 1. The Morgan fingerprint density at radius 3 is 3.12 bits per heavy atom. The average Bonchev–Trinajstić information content (AvgIpc) is 2.68. The van der Waals surface area contributed by atoms with Gasteiger partial charge in [-0.3, -0.25) is 4.98 Å². The highest BCUT2D eigenvalue weighted by Crippen LogP contribution is 2.21. The van der Waals surface area contributed by atoms with E-state index in [1.165, 1.54) is 11.3 Å². The Bertz CT molecular complexity index is 513. The van der Waals surface area contributed by atoms with Crippen molar-refractivity contribution in [3.05, 3.63) is 40.0 Å². The van der Waals surface area contributed by atoms with E-state index in [9.17, 15) is 0 Å². The first-order chi connectivity index (χ1) is 7.79. The number of thiazole rings is 1. The van der Waals surface area contributed by atoms with Crippen LogP contribution in [0.2, 0.25) is 0 Å². The van der Waals surface area contributed by atoms with Crippen molar-refractivity contribution in [2.45, 2.75) is 13.5 Å².